The molecule has 5 heteroatoms. The summed E-state index contributed by atoms with van der Waals surface area (Å²) in [7, 11) is 0. The summed E-state index contributed by atoms with van der Waals surface area (Å²) in [6, 6.07) is 13.9. The molecule has 1 N–H and O–H groups in total. The van der Waals surface area contributed by atoms with E-state index in [4.69, 9.17) is 5.53 Å². The standard InChI is InChI=1S/C13H12N4O/c14-17-16-9-13(18)15-8-11-6-3-5-10-4-1-2-7-12(10)11/h1-7H,8-9H2,(H,15,18). The van der Waals surface area contributed by atoms with Crippen LogP contribution in [-0.4, -0.2) is 12.5 Å². The molecule has 18 heavy (non-hydrogen) atoms. The van der Waals surface area contributed by atoms with Crippen LogP contribution >= 0.6 is 0 Å². The summed E-state index contributed by atoms with van der Waals surface area (Å²) in [5.41, 5.74) is 9.16. The maximum absolute atomic E-state index is 11.3. The lowest BCUT2D eigenvalue weighted by Crippen LogP contribution is -2.24. The fourth-order valence-electron chi connectivity index (χ4n) is 1.79. The van der Waals surface area contributed by atoms with Gasteiger partial charge in [0.25, 0.3) is 0 Å². The van der Waals surface area contributed by atoms with Crippen LogP contribution in [0.25, 0.3) is 21.2 Å². The first kappa shape index (κ1) is 12.0. The van der Waals surface area contributed by atoms with Gasteiger partial charge in [0.15, 0.2) is 0 Å². The van der Waals surface area contributed by atoms with Gasteiger partial charge in [-0.05, 0) is 21.9 Å². The van der Waals surface area contributed by atoms with Crippen LogP contribution in [0.15, 0.2) is 47.6 Å². The maximum atomic E-state index is 11.3. The van der Waals surface area contributed by atoms with E-state index in [9.17, 15) is 4.79 Å². The van der Waals surface area contributed by atoms with Crippen molar-refractivity contribution in [1.29, 1.82) is 0 Å². The number of fused-ring (bicyclic) bond motifs is 1. The Kier molecular flexibility index (Phi) is 3.79. The highest BCUT2D eigenvalue weighted by molar-refractivity contribution is 5.86. The molecule has 0 heterocycles. The second-order valence-electron chi connectivity index (χ2n) is 3.80. The van der Waals surface area contributed by atoms with Crippen LogP contribution in [0, 0.1) is 0 Å². The first-order chi connectivity index (χ1) is 8.81. The minimum Gasteiger partial charge on any atom is -0.352 e. The molecule has 2 aromatic rings. The number of rotatable bonds is 4. The molecule has 2 rings (SSSR count). The highest BCUT2D eigenvalue weighted by Gasteiger charge is 2.02. The number of hydrogen-bond donors (Lipinski definition) is 1. The molecule has 0 spiro atoms. The minimum absolute atomic E-state index is 0.165. The lowest BCUT2D eigenvalue weighted by atomic mass is 10.0. The van der Waals surface area contributed by atoms with Gasteiger partial charge in [0.05, 0.1) is 0 Å². The molecule has 0 aromatic heterocycles. The van der Waals surface area contributed by atoms with Crippen LogP contribution in [0.1, 0.15) is 5.56 Å². The van der Waals surface area contributed by atoms with Gasteiger partial charge in [-0.15, -0.1) is 0 Å². The van der Waals surface area contributed by atoms with E-state index in [1.54, 1.807) is 0 Å². The van der Waals surface area contributed by atoms with Gasteiger partial charge in [0.1, 0.15) is 6.54 Å². The number of nitrogens with zero attached hydrogens (tertiary/aromatic N) is 3. The highest BCUT2D eigenvalue weighted by atomic mass is 16.1. The molecular weight excluding hydrogens is 228 g/mol. The van der Waals surface area contributed by atoms with Crippen molar-refractivity contribution in [3.8, 4) is 0 Å². The Hall–Kier alpha value is -2.52. The molecule has 0 saturated heterocycles. The summed E-state index contributed by atoms with van der Waals surface area (Å²) in [6.45, 7) is 0.266. The Morgan fingerprint density at radius 3 is 2.83 bits per heavy atom. The zero-order valence-electron chi connectivity index (χ0n) is 9.71. The Balaban J connectivity index is 2.12. The third-order valence-corrected chi connectivity index (χ3v) is 2.63. The second-order valence-corrected chi connectivity index (χ2v) is 3.80. The third kappa shape index (κ3) is 2.78. The molecule has 0 radical (unpaired) electrons. The van der Waals surface area contributed by atoms with Crippen LogP contribution in [-0.2, 0) is 11.3 Å². The smallest absolute Gasteiger partial charge is 0.226 e. The van der Waals surface area contributed by atoms with Gasteiger partial charge in [0, 0.05) is 11.5 Å². The maximum Gasteiger partial charge on any atom is 0.226 e. The molecule has 5 nitrogen and oxygen atoms in total. The van der Waals surface area contributed by atoms with Gasteiger partial charge in [-0.2, -0.15) is 0 Å². The van der Waals surface area contributed by atoms with Crippen molar-refractivity contribution in [3.63, 3.8) is 0 Å². The molecule has 0 saturated carbocycles. The summed E-state index contributed by atoms with van der Waals surface area (Å²) in [6.07, 6.45) is 0. The number of amides is 1. The molecule has 2 aromatic carbocycles. The largest absolute Gasteiger partial charge is 0.352 e. The molecule has 0 aliphatic heterocycles. The fraction of sp³-hybridized carbons (Fsp3) is 0.154. The third-order valence-electron chi connectivity index (χ3n) is 2.63. The summed E-state index contributed by atoms with van der Waals surface area (Å²) >= 11 is 0. The van der Waals surface area contributed by atoms with E-state index in [-0.39, 0.29) is 12.5 Å². The number of nitrogens with one attached hydrogen (secondary N) is 1. The van der Waals surface area contributed by atoms with E-state index in [1.165, 1.54) is 0 Å². The average Bonchev–Trinajstić information content (AvgIpc) is 2.42. The number of azide groups is 1. The van der Waals surface area contributed by atoms with E-state index in [1.807, 2.05) is 42.5 Å². The van der Waals surface area contributed by atoms with Crippen molar-refractivity contribution < 1.29 is 4.79 Å². The van der Waals surface area contributed by atoms with Crippen LogP contribution in [0.2, 0.25) is 0 Å². The summed E-state index contributed by atoms with van der Waals surface area (Å²) in [5, 5.41) is 8.19. The van der Waals surface area contributed by atoms with Crippen LogP contribution in [0.3, 0.4) is 0 Å². The monoisotopic (exact) mass is 240 g/mol. The molecule has 0 bridgehead atoms. The highest BCUT2D eigenvalue weighted by Crippen LogP contribution is 2.18. The van der Waals surface area contributed by atoms with E-state index in [2.05, 4.69) is 15.3 Å². The second kappa shape index (κ2) is 5.70. The van der Waals surface area contributed by atoms with Crippen molar-refractivity contribution in [2.45, 2.75) is 6.54 Å². The van der Waals surface area contributed by atoms with Crippen LogP contribution in [0.5, 0.6) is 0 Å². The van der Waals surface area contributed by atoms with E-state index in [0.717, 1.165) is 16.3 Å². The molecule has 1 amide bonds. The Morgan fingerprint density at radius 1 is 1.22 bits per heavy atom. The number of carbonyl (C=O) groups excluding carboxylic acids is 1. The predicted molar refractivity (Wildman–Crippen MR) is 69.8 cm³/mol. The quantitative estimate of drug-likeness (QED) is 0.497. The SMILES string of the molecule is [N-]=[N+]=NCC(=O)NCc1cccc2ccccc12. The fourth-order valence-corrected chi connectivity index (χ4v) is 1.79. The van der Waals surface area contributed by atoms with Gasteiger partial charge in [0.2, 0.25) is 5.91 Å². The summed E-state index contributed by atoms with van der Waals surface area (Å²) < 4.78 is 0. The van der Waals surface area contributed by atoms with Gasteiger partial charge in [-0.3, -0.25) is 4.79 Å². The first-order valence-electron chi connectivity index (χ1n) is 5.55. The lowest BCUT2D eigenvalue weighted by Gasteiger charge is -2.07. The van der Waals surface area contributed by atoms with Crippen LogP contribution in [0.4, 0.5) is 0 Å². The van der Waals surface area contributed by atoms with Crippen molar-refractivity contribution in [2.75, 3.05) is 6.54 Å². The van der Waals surface area contributed by atoms with Crippen LogP contribution < -0.4 is 5.32 Å². The molecule has 0 atom stereocenters. The predicted octanol–water partition coefficient (Wildman–Crippen LogP) is 2.77. The molecule has 0 aliphatic carbocycles. The zero-order valence-corrected chi connectivity index (χ0v) is 9.71. The summed E-state index contributed by atoms with van der Waals surface area (Å²) in [5.74, 6) is -0.277. The van der Waals surface area contributed by atoms with E-state index < -0.39 is 0 Å². The van der Waals surface area contributed by atoms with Crippen molar-refractivity contribution in [3.05, 3.63) is 58.5 Å². The Morgan fingerprint density at radius 2 is 2.00 bits per heavy atom. The molecular formula is C13H12N4O. The average molecular weight is 240 g/mol. The normalized spacial score (nSPS) is 9.78. The van der Waals surface area contributed by atoms with Crippen molar-refractivity contribution in [2.24, 2.45) is 5.11 Å². The Labute approximate surface area is 104 Å². The number of hydrogen-bond acceptors (Lipinski definition) is 2. The zero-order chi connectivity index (χ0) is 12.8. The Bertz CT molecular complexity index is 612. The molecule has 0 unspecified atom stereocenters. The molecule has 0 aliphatic rings. The van der Waals surface area contributed by atoms with Crippen molar-refractivity contribution in [1.82, 2.24) is 5.32 Å². The van der Waals surface area contributed by atoms with E-state index >= 15 is 0 Å². The molecule has 90 valence electrons. The molecule has 0 fully saturated rings. The minimum atomic E-state index is -0.277. The summed E-state index contributed by atoms with van der Waals surface area (Å²) in [4.78, 5) is 13.9. The van der Waals surface area contributed by atoms with Gasteiger partial charge >= 0.3 is 0 Å². The van der Waals surface area contributed by atoms with Gasteiger partial charge in [-0.1, -0.05) is 47.6 Å². The topological polar surface area (TPSA) is 77.9 Å². The van der Waals surface area contributed by atoms with Crippen molar-refractivity contribution >= 4 is 16.7 Å². The number of carbonyl (C=O) groups is 1. The first-order valence-corrected chi connectivity index (χ1v) is 5.55. The van der Waals surface area contributed by atoms with E-state index in [0.29, 0.717) is 6.54 Å². The lowest BCUT2D eigenvalue weighted by molar-refractivity contribution is -0.119. The van der Waals surface area contributed by atoms with Gasteiger partial charge < -0.3 is 5.32 Å². The number of benzene rings is 2. The van der Waals surface area contributed by atoms with Gasteiger partial charge in [-0.25, -0.2) is 0 Å².